The van der Waals surface area contributed by atoms with E-state index >= 15 is 0 Å². The Hall–Kier alpha value is -2.71. The molecule has 1 nitrogen and oxygen atoms in total. The zero-order valence-corrected chi connectivity index (χ0v) is 25.3. The van der Waals surface area contributed by atoms with Gasteiger partial charge in [-0.05, 0) is 76.2 Å². The van der Waals surface area contributed by atoms with E-state index in [-0.39, 0.29) is 10.1 Å². The van der Waals surface area contributed by atoms with Crippen LogP contribution in [0.15, 0.2) is 66.9 Å². The van der Waals surface area contributed by atoms with Gasteiger partial charge in [-0.25, -0.2) is 4.57 Å². The molecule has 4 rings (SSSR count). The first kappa shape index (κ1) is 26.4. The average Bonchev–Trinajstić information content (AvgIpc) is 2.77. The largest absolute Gasteiger partial charge is 0.220 e. The molecule has 0 amide bonds. The lowest BCUT2D eigenvalue weighted by atomic mass is 9.92. The quantitative estimate of drug-likeness (QED) is 0.198. The van der Waals surface area contributed by atoms with Crippen molar-refractivity contribution in [2.24, 2.45) is 7.05 Å². The molecule has 0 radical (unpaired) electrons. The SMILES string of the molecule is Cc1cc(-c2c(C)cccc2C)ccc1-c1c2ccc([Si](C)(C(C)(C)C)C(C)(C)C)cc2cc[n+]1C. The zero-order chi connectivity index (χ0) is 26.6. The fourth-order valence-electron chi connectivity index (χ4n) is 6.36. The number of rotatable bonds is 3. The highest BCUT2D eigenvalue weighted by atomic mass is 28.3. The minimum Gasteiger partial charge on any atom is -0.200 e. The van der Waals surface area contributed by atoms with Crippen molar-refractivity contribution in [3.8, 4) is 22.4 Å². The number of nitrogens with zero attached hydrogens (tertiary/aromatic N) is 1. The molecular weight excluding hydrogens is 450 g/mol. The van der Waals surface area contributed by atoms with E-state index < -0.39 is 8.07 Å². The number of pyridine rings is 1. The van der Waals surface area contributed by atoms with Crippen molar-refractivity contribution in [3.63, 3.8) is 0 Å². The van der Waals surface area contributed by atoms with E-state index in [1.54, 1.807) is 5.19 Å². The van der Waals surface area contributed by atoms with Gasteiger partial charge in [0, 0.05) is 11.6 Å². The number of fused-ring (bicyclic) bond motifs is 1. The molecule has 36 heavy (non-hydrogen) atoms. The molecule has 0 atom stereocenters. The number of hydrogen-bond acceptors (Lipinski definition) is 0. The molecule has 2 heteroatoms. The summed E-state index contributed by atoms with van der Waals surface area (Å²) in [7, 11) is 0.342. The lowest BCUT2D eigenvalue weighted by Crippen LogP contribution is -2.58. The van der Waals surface area contributed by atoms with Crippen LogP contribution in [0, 0.1) is 20.8 Å². The molecule has 0 saturated carbocycles. The van der Waals surface area contributed by atoms with E-state index in [1.807, 2.05) is 0 Å². The van der Waals surface area contributed by atoms with Gasteiger partial charge >= 0.3 is 0 Å². The molecule has 1 heterocycles. The lowest BCUT2D eigenvalue weighted by Gasteiger charge is -2.50. The summed E-state index contributed by atoms with van der Waals surface area (Å²) < 4.78 is 2.28. The molecule has 0 saturated heterocycles. The summed E-state index contributed by atoms with van der Waals surface area (Å²) in [6.45, 7) is 23.9. The van der Waals surface area contributed by atoms with Gasteiger partial charge in [-0.1, -0.05) is 95.7 Å². The minimum atomic E-state index is -1.83. The van der Waals surface area contributed by atoms with E-state index in [9.17, 15) is 0 Å². The first-order valence-electron chi connectivity index (χ1n) is 13.3. The summed E-state index contributed by atoms with van der Waals surface area (Å²) >= 11 is 0. The number of benzene rings is 3. The van der Waals surface area contributed by atoms with Gasteiger partial charge in [0.05, 0.1) is 13.5 Å². The topological polar surface area (TPSA) is 3.88 Å². The van der Waals surface area contributed by atoms with Gasteiger partial charge in [-0.3, -0.25) is 0 Å². The Morgan fingerprint density at radius 3 is 1.86 bits per heavy atom. The average molecular weight is 495 g/mol. The van der Waals surface area contributed by atoms with Gasteiger partial charge in [0.2, 0.25) is 5.69 Å². The predicted octanol–water partition coefficient (Wildman–Crippen LogP) is 8.81. The Labute approximate surface area is 220 Å². The standard InChI is InChI=1S/C34H44NSi/c1-23-13-12-14-24(2)31(23)27-15-17-29(25(3)21-27)32-30-18-16-28(22-26(30)19-20-35(32)10)36(11,33(4,5)6)34(7,8)9/h12-22H,1-11H3/q+1. The van der Waals surface area contributed by atoms with Crippen LogP contribution in [0.3, 0.4) is 0 Å². The van der Waals surface area contributed by atoms with Gasteiger partial charge in [-0.15, -0.1) is 0 Å². The van der Waals surface area contributed by atoms with Gasteiger partial charge < -0.3 is 0 Å². The van der Waals surface area contributed by atoms with Crippen LogP contribution in [-0.4, -0.2) is 8.07 Å². The number of hydrogen-bond donors (Lipinski definition) is 0. The van der Waals surface area contributed by atoms with Crippen molar-refractivity contribution < 1.29 is 4.57 Å². The van der Waals surface area contributed by atoms with Crippen LogP contribution in [0.2, 0.25) is 16.6 Å². The second-order valence-electron chi connectivity index (χ2n) is 13.0. The highest BCUT2D eigenvalue weighted by molar-refractivity contribution is 6.95. The molecule has 0 aliphatic carbocycles. The molecule has 0 spiro atoms. The maximum absolute atomic E-state index is 2.58. The molecule has 0 bridgehead atoms. The molecule has 0 fully saturated rings. The Morgan fingerprint density at radius 2 is 1.31 bits per heavy atom. The van der Waals surface area contributed by atoms with Crippen LogP contribution in [0.1, 0.15) is 58.2 Å². The third-order valence-electron chi connectivity index (χ3n) is 8.97. The van der Waals surface area contributed by atoms with Crippen LogP contribution in [0.5, 0.6) is 0 Å². The third kappa shape index (κ3) is 4.24. The van der Waals surface area contributed by atoms with E-state index in [2.05, 4.69) is 147 Å². The van der Waals surface area contributed by atoms with Gasteiger partial charge in [0.25, 0.3) is 0 Å². The van der Waals surface area contributed by atoms with Gasteiger partial charge in [0.15, 0.2) is 6.20 Å². The summed E-state index contributed by atoms with van der Waals surface area (Å²) in [6.07, 6.45) is 2.23. The maximum Gasteiger partial charge on any atom is 0.220 e. The normalized spacial score (nSPS) is 12.9. The first-order valence-corrected chi connectivity index (χ1v) is 15.8. The second kappa shape index (κ2) is 8.99. The first-order chi connectivity index (χ1) is 16.7. The second-order valence-corrected chi connectivity index (χ2v) is 18.8. The Bertz CT molecular complexity index is 1410. The van der Waals surface area contributed by atoms with Crippen molar-refractivity contribution in [2.45, 2.75) is 78.9 Å². The van der Waals surface area contributed by atoms with Gasteiger partial charge in [0.1, 0.15) is 7.05 Å². The highest BCUT2D eigenvalue weighted by Crippen LogP contribution is 2.50. The minimum absolute atomic E-state index is 0.265. The molecular formula is C34H44NSi+. The van der Waals surface area contributed by atoms with E-state index in [1.165, 1.54) is 49.8 Å². The van der Waals surface area contributed by atoms with Crippen molar-refractivity contribution in [1.29, 1.82) is 0 Å². The molecule has 0 N–H and O–H groups in total. The van der Waals surface area contributed by atoms with Crippen molar-refractivity contribution in [1.82, 2.24) is 0 Å². The summed E-state index contributed by atoms with van der Waals surface area (Å²) in [6, 6.07) is 23.2. The van der Waals surface area contributed by atoms with Crippen molar-refractivity contribution in [2.75, 3.05) is 0 Å². The van der Waals surface area contributed by atoms with Crippen LogP contribution in [-0.2, 0) is 7.05 Å². The van der Waals surface area contributed by atoms with Gasteiger partial charge in [-0.2, -0.15) is 0 Å². The van der Waals surface area contributed by atoms with E-state index in [0.29, 0.717) is 0 Å². The van der Waals surface area contributed by atoms with Crippen LogP contribution in [0.4, 0.5) is 0 Å². The molecule has 3 aromatic carbocycles. The number of aromatic nitrogens is 1. The summed E-state index contributed by atoms with van der Waals surface area (Å²) in [5.41, 5.74) is 9.22. The molecule has 0 unspecified atom stereocenters. The molecule has 1 aromatic heterocycles. The fraction of sp³-hybridized carbons (Fsp3) is 0.382. The fourth-order valence-corrected chi connectivity index (χ4v) is 11.2. The van der Waals surface area contributed by atoms with E-state index in [4.69, 9.17) is 0 Å². The Kier molecular flexibility index (Phi) is 6.58. The van der Waals surface area contributed by atoms with Crippen LogP contribution < -0.4 is 9.75 Å². The predicted molar refractivity (Wildman–Crippen MR) is 161 cm³/mol. The summed E-state index contributed by atoms with van der Waals surface area (Å²) in [4.78, 5) is 0. The Balaban J connectivity index is 1.90. The molecule has 188 valence electrons. The van der Waals surface area contributed by atoms with E-state index in [0.717, 1.165) is 0 Å². The molecule has 0 aliphatic heterocycles. The smallest absolute Gasteiger partial charge is 0.200 e. The molecule has 4 aromatic rings. The maximum atomic E-state index is 2.58. The lowest BCUT2D eigenvalue weighted by molar-refractivity contribution is -0.659. The zero-order valence-electron chi connectivity index (χ0n) is 24.3. The Morgan fingerprint density at radius 1 is 0.694 bits per heavy atom. The summed E-state index contributed by atoms with van der Waals surface area (Å²) in [5.74, 6) is 0. The summed E-state index contributed by atoms with van der Waals surface area (Å²) in [5, 5.41) is 4.75. The van der Waals surface area contributed by atoms with Crippen LogP contribution >= 0.6 is 0 Å². The van der Waals surface area contributed by atoms with Crippen LogP contribution in [0.25, 0.3) is 33.2 Å². The highest BCUT2D eigenvalue weighted by Gasteiger charge is 2.50. The number of aryl methyl sites for hydroxylation is 4. The third-order valence-corrected chi connectivity index (χ3v) is 16.4. The monoisotopic (exact) mass is 494 g/mol. The molecule has 0 aliphatic rings. The van der Waals surface area contributed by atoms with Crippen molar-refractivity contribution in [3.05, 3.63) is 83.6 Å². The van der Waals surface area contributed by atoms with Crippen molar-refractivity contribution >= 4 is 24.0 Å².